The van der Waals surface area contributed by atoms with E-state index < -0.39 is 0 Å². The van der Waals surface area contributed by atoms with E-state index in [1.807, 2.05) is 0 Å². The van der Waals surface area contributed by atoms with Crippen LogP contribution in [0.5, 0.6) is 0 Å². The normalized spacial score (nSPS) is 12.8. The third-order valence-electron chi connectivity index (χ3n) is 3.97. The minimum absolute atomic E-state index is 0.340. The van der Waals surface area contributed by atoms with Crippen molar-refractivity contribution in [3.63, 3.8) is 0 Å². The molecule has 0 aliphatic carbocycles. The SMILES string of the molecule is CCC(N(CC)CC)P(c1ccccc1)c1ccccc1. The number of rotatable bonds is 7. The van der Waals surface area contributed by atoms with Gasteiger partial charge in [-0.25, -0.2) is 0 Å². The first-order valence-electron chi connectivity index (χ1n) is 7.95. The van der Waals surface area contributed by atoms with Gasteiger partial charge in [0.15, 0.2) is 0 Å². The third-order valence-corrected chi connectivity index (χ3v) is 6.96. The average molecular weight is 299 g/mol. The number of benzene rings is 2. The van der Waals surface area contributed by atoms with E-state index in [0.717, 1.165) is 13.1 Å². The van der Waals surface area contributed by atoms with Crippen molar-refractivity contribution in [1.29, 1.82) is 0 Å². The lowest BCUT2D eigenvalue weighted by atomic mass is 10.4. The van der Waals surface area contributed by atoms with Crippen LogP contribution in [0.4, 0.5) is 0 Å². The second kappa shape index (κ2) is 8.32. The molecule has 0 amide bonds. The van der Waals surface area contributed by atoms with Crippen LogP contribution in [0.3, 0.4) is 0 Å². The molecule has 1 unspecified atom stereocenters. The predicted molar refractivity (Wildman–Crippen MR) is 96.1 cm³/mol. The third kappa shape index (κ3) is 3.93. The van der Waals surface area contributed by atoms with Crippen LogP contribution in [0.2, 0.25) is 0 Å². The monoisotopic (exact) mass is 299 g/mol. The standard InChI is InChI=1S/C19H26NP/c1-4-19(20(5-2)6-3)21(17-13-9-7-10-14-17)18-15-11-8-12-16-18/h7-16,19H,4-6H2,1-3H3. The van der Waals surface area contributed by atoms with Gasteiger partial charge < -0.3 is 0 Å². The minimum Gasteiger partial charge on any atom is -0.296 e. The van der Waals surface area contributed by atoms with Gasteiger partial charge in [-0.15, -0.1) is 0 Å². The first kappa shape index (κ1) is 16.2. The Morgan fingerprint density at radius 1 is 0.762 bits per heavy atom. The first-order valence-corrected chi connectivity index (χ1v) is 9.36. The summed E-state index contributed by atoms with van der Waals surface area (Å²) in [5, 5.41) is 2.97. The highest BCUT2D eigenvalue weighted by Crippen LogP contribution is 2.42. The van der Waals surface area contributed by atoms with Crippen LogP contribution in [0, 0.1) is 0 Å². The topological polar surface area (TPSA) is 3.24 Å². The lowest BCUT2D eigenvalue weighted by molar-refractivity contribution is 0.276. The zero-order valence-corrected chi connectivity index (χ0v) is 14.3. The molecule has 2 heteroatoms. The molecule has 0 N–H and O–H groups in total. The van der Waals surface area contributed by atoms with Crippen molar-refractivity contribution in [3.8, 4) is 0 Å². The van der Waals surface area contributed by atoms with Crippen molar-refractivity contribution < 1.29 is 0 Å². The summed E-state index contributed by atoms with van der Waals surface area (Å²) in [6.45, 7) is 9.11. The molecule has 0 heterocycles. The molecule has 1 atom stereocenters. The maximum absolute atomic E-state index is 2.62. The van der Waals surface area contributed by atoms with E-state index in [1.165, 1.54) is 17.0 Å². The molecule has 112 valence electrons. The summed E-state index contributed by atoms with van der Waals surface area (Å²) in [6, 6.07) is 22.1. The van der Waals surface area contributed by atoms with Gasteiger partial charge >= 0.3 is 0 Å². The molecule has 0 aliphatic heterocycles. The molecular formula is C19H26NP. The Morgan fingerprint density at radius 3 is 1.52 bits per heavy atom. The van der Waals surface area contributed by atoms with Crippen LogP contribution in [0.25, 0.3) is 0 Å². The smallest absolute Gasteiger partial charge is 0.0375 e. The van der Waals surface area contributed by atoms with Crippen LogP contribution in [-0.2, 0) is 0 Å². The Bertz CT molecular complexity index is 468. The number of hydrogen-bond acceptors (Lipinski definition) is 1. The van der Waals surface area contributed by atoms with Gasteiger partial charge in [-0.1, -0.05) is 81.4 Å². The summed E-state index contributed by atoms with van der Waals surface area (Å²) >= 11 is 0. The Hall–Kier alpha value is -1.17. The molecule has 2 aromatic carbocycles. The maximum Gasteiger partial charge on any atom is 0.0375 e. The van der Waals surface area contributed by atoms with Gasteiger partial charge in [0.25, 0.3) is 0 Å². The van der Waals surface area contributed by atoms with Crippen molar-refractivity contribution in [2.75, 3.05) is 13.1 Å². The molecule has 2 rings (SSSR count). The Morgan fingerprint density at radius 2 is 1.19 bits per heavy atom. The van der Waals surface area contributed by atoms with Crippen molar-refractivity contribution in [2.24, 2.45) is 0 Å². The van der Waals surface area contributed by atoms with E-state index in [4.69, 9.17) is 0 Å². The van der Waals surface area contributed by atoms with E-state index in [9.17, 15) is 0 Å². The molecule has 1 nitrogen and oxygen atoms in total. The molecule has 21 heavy (non-hydrogen) atoms. The van der Waals surface area contributed by atoms with Crippen molar-refractivity contribution in [1.82, 2.24) is 4.90 Å². The minimum atomic E-state index is -0.340. The fourth-order valence-electron chi connectivity index (χ4n) is 2.92. The zero-order valence-electron chi connectivity index (χ0n) is 13.4. The summed E-state index contributed by atoms with van der Waals surface area (Å²) < 4.78 is 0. The molecule has 0 radical (unpaired) electrons. The summed E-state index contributed by atoms with van der Waals surface area (Å²) in [6.07, 6.45) is 1.19. The average Bonchev–Trinajstić information content (AvgIpc) is 2.56. The van der Waals surface area contributed by atoms with E-state index in [0.29, 0.717) is 5.78 Å². The van der Waals surface area contributed by atoms with Gasteiger partial charge in [0, 0.05) is 5.78 Å². The van der Waals surface area contributed by atoms with Gasteiger partial charge in [-0.05, 0) is 38.0 Å². The number of hydrogen-bond donors (Lipinski definition) is 0. The van der Waals surface area contributed by atoms with Crippen LogP contribution < -0.4 is 10.6 Å². The zero-order chi connectivity index (χ0) is 15.1. The lowest BCUT2D eigenvalue weighted by Crippen LogP contribution is -2.37. The van der Waals surface area contributed by atoms with Crippen molar-refractivity contribution >= 4 is 18.5 Å². The van der Waals surface area contributed by atoms with Crippen LogP contribution in [-0.4, -0.2) is 23.8 Å². The first-order chi connectivity index (χ1) is 10.3. The van der Waals surface area contributed by atoms with Gasteiger partial charge in [0.05, 0.1) is 0 Å². The van der Waals surface area contributed by atoms with E-state index in [1.54, 1.807) is 0 Å². The highest BCUT2D eigenvalue weighted by atomic mass is 31.1. The highest BCUT2D eigenvalue weighted by Gasteiger charge is 2.26. The molecule has 2 aromatic rings. The molecule has 0 aromatic heterocycles. The molecule has 0 spiro atoms. The Labute approximate surface area is 130 Å². The molecular weight excluding hydrogens is 273 g/mol. The Kier molecular flexibility index (Phi) is 6.42. The van der Waals surface area contributed by atoms with Crippen LogP contribution in [0.1, 0.15) is 27.2 Å². The Balaban J connectivity index is 2.45. The summed E-state index contributed by atoms with van der Waals surface area (Å²) in [4.78, 5) is 2.62. The molecule has 0 saturated heterocycles. The molecule has 0 aliphatic rings. The lowest BCUT2D eigenvalue weighted by Gasteiger charge is -2.36. The fourth-order valence-corrected chi connectivity index (χ4v) is 5.91. The summed E-state index contributed by atoms with van der Waals surface area (Å²) in [5.41, 5.74) is 0. The van der Waals surface area contributed by atoms with E-state index >= 15 is 0 Å². The van der Waals surface area contributed by atoms with Crippen LogP contribution >= 0.6 is 7.92 Å². The van der Waals surface area contributed by atoms with Crippen molar-refractivity contribution in [3.05, 3.63) is 60.7 Å². The van der Waals surface area contributed by atoms with Gasteiger partial charge in [-0.3, -0.25) is 4.90 Å². The second-order valence-electron chi connectivity index (χ2n) is 5.15. The van der Waals surface area contributed by atoms with Crippen molar-refractivity contribution in [2.45, 2.75) is 33.0 Å². The fraction of sp³-hybridized carbons (Fsp3) is 0.368. The summed E-state index contributed by atoms with van der Waals surface area (Å²) in [5.74, 6) is 0.611. The molecule has 0 bridgehead atoms. The highest BCUT2D eigenvalue weighted by molar-refractivity contribution is 7.73. The molecule has 0 saturated carbocycles. The molecule has 0 fully saturated rings. The van der Waals surface area contributed by atoms with Gasteiger partial charge in [0.2, 0.25) is 0 Å². The van der Waals surface area contributed by atoms with E-state index in [2.05, 4.69) is 86.3 Å². The van der Waals surface area contributed by atoms with E-state index in [-0.39, 0.29) is 7.92 Å². The summed E-state index contributed by atoms with van der Waals surface area (Å²) in [7, 11) is -0.340. The second-order valence-corrected chi connectivity index (χ2v) is 7.52. The largest absolute Gasteiger partial charge is 0.296 e. The number of nitrogens with zero attached hydrogens (tertiary/aromatic N) is 1. The predicted octanol–water partition coefficient (Wildman–Crippen LogP) is 4.20. The van der Waals surface area contributed by atoms with Gasteiger partial charge in [-0.2, -0.15) is 0 Å². The maximum atomic E-state index is 2.62. The quantitative estimate of drug-likeness (QED) is 0.693. The van der Waals surface area contributed by atoms with Gasteiger partial charge in [0.1, 0.15) is 0 Å². The van der Waals surface area contributed by atoms with Crippen LogP contribution in [0.15, 0.2) is 60.7 Å².